The third-order valence-electron chi connectivity index (χ3n) is 5.65. The first-order valence-corrected chi connectivity index (χ1v) is 9.63. The van der Waals surface area contributed by atoms with E-state index in [0.717, 1.165) is 51.6 Å². The van der Waals surface area contributed by atoms with Crippen LogP contribution in [0.4, 0.5) is 0 Å². The van der Waals surface area contributed by atoms with Gasteiger partial charge in [-0.2, -0.15) is 4.98 Å². The molecule has 25 heavy (non-hydrogen) atoms. The van der Waals surface area contributed by atoms with Crippen LogP contribution in [0.1, 0.15) is 50.2 Å². The SMILES string of the molecule is CC1CN(C(=O)CCCc2nc(C3CC3)no2)CC1N1CCOCC1. The van der Waals surface area contributed by atoms with Gasteiger partial charge in [-0.15, -0.1) is 0 Å². The molecule has 0 N–H and O–H groups in total. The van der Waals surface area contributed by atoms with E-state index < -0.39 is 0 Å². The standard InChI is InChI=1S/C18H28N4O3/c1-13-11-22(12-15(13)21-7-9-24-10-8-21)17(23)4-2-3-16-19-18(20-25-16)14-5-6-14/h13-15H,2-12H2,1H3. The molecular formula is C18H28N4O3. The molecule has 138 valence electrons. The Bertz CT molecular complexity index is 595. The van der Waals surface area contributed by atoms with E-state index in [4.69, 9.17) is 9.26 Å². The monoisotopic (exact) mass is 348 g/mol. The Balaban J connectivity index is 1.22. The highest BCUT2D eigenvalue weighted by Crippen LogP contribution is 2.38. The predicted molar refractivity (Wildman–Crippen MR) is 91.1 cm³/mol. The van der Waals surface area contributed by atoms with Crippen LogP contribution in [0.2, 0.25) is 0 Å². The van der Waals surface area contributed by atoms with Crippen LogP contribution in [0.5, 0.6) is 0 Å². The molecule has 0 bridgehead atoms. The minimum absolute atomic E-state index is 0.254. The van der Waals surface area contributed by atoms with Gasteiger partial charge in [0.2, 0.25) is 11.8 Å². The molecule has 4 rings (SSSR count). The number of rotatable bonds is 6. The van der Waals surface area contributed by atoms with Crippen LogP contribution in [0.25, 0.3) is 0 Å². The van der Waals surface area contributed by atoms with E-state index in [2.05, 4.69) is 22.0 Å². The molecule has 1 aliphatic carbocycles. The third-order valence-corrected chi connectivity index (χ3v) is 5.65. The van der Waals surface area contributed by atoms with Crippen molar-refractivity contribution in [1.29, 1.82) is 0 Å². The second-order valence-electron chi connectivity index (χ2n) is 7.67. The van der Waals surface area contributed by atoms with Gasteiger partial charge in [0.05, 0.1) is 13.2 Å². The quantitative estimate of drug-likeness (QED) is 0.775. The molecule has 1 amide bonds. The number of hydrogen-bond donors (Lipinski definition) is 0. The van der Waals surface area contributed by atoms with Gasteiger partial charge in [-0.05, 0) is 25.2 Å². The summed E-state index contributed by atoms with van der Waals surface area (Å²) < 4.78 is 10.7. The topological polar surface area (TPSA) is 71.7 Å². The van der Waals surface area contributed by atoms with Gasteiger partial charge in [-0.3, -0.25) is 9.69 Å². The molecular weight excluding hydrogens is 320 g/mol. The van der Waals surface area contributed by atoms with Gasteiger partial charge in [0.15, 0.2) is 5.82 Å². The molecule has 2 atom stereocenters. The number of amides is 1. The Labute approximate surface area is 148 Å². The van der Waals surface area contributed by atoms with E-state index in [0.29, 0.717) is 36.6 Å². The lowest BCUT2D eigenvalue weighted by Crippen LogP contribution is -2.47. The minimum Gasteiger partial charge on any atom is -0.379 e. The molecule has 2 unspecified atom stereocenters. The summed E-state index contributed by atoms with van der Waals surface area (Å²) in [6, 6.07) is 0.477. The fourth-order valence-electron chi connectivity index (χ4n) is 3.96. The van der Waals surface area contributed by atoms with Gasteiger partial charge in [0.1, 0.15) is 0 Å². The lowest BCUT2D eigenvalue weighted by molar-refractivity contribution is -0.130. The predicted octanol–water partition coefficient (Wildman–Crippen LogP) is 1.45. The zero-order valence-corrected chi connectivity index (χ0v) is 15.0. The Morgan fingerprint density at radius 2 is 2.04 bits per heavy atom. The number of hydrogen-bond acceptors (Lipinski definition) is 6. The average Bonchev–Trinajstić information content (AvgIpc) is 3.25. The van der Waals surface area contributed by atoms with Crippen molar-refractivity contribution in [2.24, 2.45) is 5.92 Å². The number of aromatic nitrogens is 2. The molecule has 0 aromatic carbocycles. The van der Waals surface area contributed by atoms with E-state index in [1.807, 2.05) is 4.90 Å². The normalized spacial score (nSPS) is 27.8. The van der Waals surface area contributed by atoms with E-state index in [9.17, 15) is 4.79 Å². The fraction of sp³-hybridized carbons (Fsp3) is 0.833. The number of ether oxygens (including phenoxy) is 1. The summed E-state index contributed by atoms with van der Waals surface area (Å²) in [4.78, 5) is 21.5. The van der Waals surface area contributed by atoms with Gasteiger partial charge in [0.25, 0.3) is 0 Å². The van der Waals surface area contributed by atoms with Gasteiger partial charge in [-0.25, -0.2) is 0 Å². The molecule has 3 heterocycles. The average molecular weight is 348 g/mol. The number of likely N-dealkylation sites (tertiary alicyclic amines) is 1. The Hall–Kier alpha value is -1.47. The smallest absolute Gasteiger partial charge is 0.226 e. The van der Waals surface area contributed by atoms with Gasteiger partial charge >= 0.3 is 0 Å². The summed E-state index contributed by atoms with van der Waals surface area (Å²) in [5, 5.41) is 4.03. The van der Waals surface area contributed by atoms with Crippen LogP contribution in [0.15, 0.2) is 4.52 Å². The van der Waals surface area contributed by atoms with Crippen LogP contribution in [-0.2, 0) is 16.0 Å². The zero-order chi connectivity index (χ0) is 17.2. The van der Waals surface area contributed by atoms with Gasteiger partial charge < -0.3 is 14.2 Å². The Kier molecular flexibility index (Phi) is 5.03. The van der Waals surface area contributed by atoms with Crippen LogP contribution >= 0.6 is 0 Å². The van der Waals surface area contributed by atoms with Crippen molar-refractivity contribution in [3.63, 3.8) is 0 Å². The minimum atomic E-state index is 0.254. The largest absolute Gasteiger partial charge is 0.379 e. The molecule has 3 aliphatic rings. The molecule has 0 spiro atoms. The zero-order valence-electron chi connectivity index (χ0n) is 15.0. The fourth-order valence-corrected chi connectivity index (χ4v) is 3.96. The van der Waals surface area contributed by atoms with Crippen LogP contribution < -0.4 is 0 Å². The van der Waals surface area contributed by atoms with Crippen molar-refractivity contribution in [1.82, 2.24) is 19.9 Å². The van der Waals surface area contributed by atoms with Crippen molar-refractivity contribution in [2.45, 2.75) is 51.0 Å². The van der Waals surface area contributed by atoms with Crippen LogP contribution in [0.3, 0.4) is 0 Å². The van der Waals surface area contributed by atoms with Crippen molar-refractivity contribution in [2.75, 3.05) is 39.4 Å². The summed E-state index contributed by atoms with van der Waals surface area (Å²) in [5.41, 5.74) is 0. The van der Waals surface area contributed by atoms with Crippen molar-refractivity contribution in [3.8, 4) is 0 Å². The highest BCUT2D eigenvalue weighted by molar-refractivity contribution is 5.76. The molecule has 1 aromatic heterocycles. The number of morpholine rings is 1. The maximum atomic E-state index is 12.5. The number of nitrogens with zero attached hydrogens (tertiary/aromatic N) is 4. The molecule has 3 fully saturated rings. The summed E-state index contributed by atoms with van der Waals surface area (Å²) in [6.45, 7) is 7.56. The number of carbonyl (C=O) groups excluding carboxylic acids is 1. The first-order chi connectivity index (χ1) is 12.2. The summed E-state index contributed by atoms with van der Waals surface area (Å²) >= 11 is 0. The molecule has 7 nitrogen and oxygen atoms in total. The highest BCUT2D eigenvalue weighted by Gasteiger charge is 2.36. The molecule has 1 aromatic rings. The maximum Gasteiger partial charge on any atom is 0.226 e. The van der Waals surface area contributed by atoms with Crippen molar-refractivity contribution in [3.05, 3.63) is 11.7 Å². The molecule has 2 saturated heterocycles. The van der Waals surface area contributed by atoms with Gasteiger partial charge in [-0.1, -0.05) is 12.1 Å². The second kappa shape index (κ2) is 7.41. The van der Waals surface area contributed by atoms with E-state index in [-0.39, 0.29) is 5.91 Å². The summed E-state index contributed by atoms with van der Waals surface area (Å²) in [5.74, 6) is 2.82. The molecule has 0 radical (unpaired) electrons. The van der Waals surface area contributed by atoms with Crippen LogP contribution in [0, 0.1) is 5.92 Å². The molecule has 7 heteroatoms. The van der Waals surface area contributed by atoms with Crippen molar-refractivity contribution < 1.29 is 14.1 Å². The lowest BCUT2D eigenvalue weighted by atomic mass is 10.0. The van der Waals surface area contributed by atoms with Gasteiger partial charge in [0, 0.05) is 51.0 Å². The third kappa shape index (κ3) is 4.03. The summed E-state index contributed by atoms with van der Waals surface area (Å²) in [7, 11) is 0. The first-order valence-electron chi connectivity index (χ1n) is 9.63. The first kappa shape index (κ1) is 17.0. The maximum absolute atomic E-state index is 12.5. The number of aryl methyl sites for hydroxylation is 1. The molecule has 2 aliphatic heterocycles. The van der Waals surface area contributed by atoms with Crippen molar-refractivity contribution >= 4 is 5.91 Å². The molecule has 1 saturated carbocycles. The van der Waals surface area contributed by atoms with E-state index >= 15 is 0 Å². The Morgan fingerprint density at radius 1 is 1.24 bits per heavy atom. The second-order valence-corrected chi connectivity index (χ2v) is 7.67. The summed E-state index contributed by atoms with van der Waals surface area (Å²) in [6.07, 6.45) is 4.38. The number of carbonyl (C=O) groups is 1. The highest BCUT2D eigenvalue weighted by atomic mass is 16.5. The lowest BCUT2D eigenvalue weighted by Gasteiger charge is -2.34. The van der Waals surface area contributed by atoms with E-state index in [1.54, 1.807) is 0 Å². The van der Waals surface area contributed by atoms with E-state index in [1.165, 1.54) is 12.8 Å². The Morgan fingerprint density at radius 3 is 2.80 bits per heavy atom. The van der Waals surface area contributed by atoms with Crippen LogP contribution in [-0.4, -0.2) is 71.3 Å².